The van der Waals surface area contributed by atoms with Crippen molar-refractivity contribution >= 4 is 38.9 Å². The quantitative estimate of drug-likeness (QED) is 0.623. The lowest BCUT2D eigenvalue weighted by molar-refractivity contribution is 0.102. The Morgan fingerprint density at radius 3 is 2.25 bits per heavy atom. The van der Waals surface area contributed by atoms with Gasteiger partial charge in [0.05, 0.1) is 12.0 Å². The maximum absolute atomic E-state index is 12.5. The average Bonchev–Trinajstić information content (AvgIpc) is 2.69. The molecule has 0 fully saturated rings. The smallest absolute Gasteiger partial charge is 0.261 e. The summed E-state index contributed by atoms with van der Waals surface area (Å²) >= 11 is 5.83. The Balaban J connectivity index is 1.76. The highest BCUT2D eigenvalue weighted by atomic mass is 35.5. The number of methoxy groups -OCH3 is 1. The molecule has 1 amide bonds. The van der Waals surface area contributed by atoms with Crippen LogP contribution in [0.1, 0.15) is 10.4 Å². The van der Waals surface area contributed by atoms with Crippen LogP contribution in [-0.4, -0.2) is 21.4 Å². The summed E-state index contributed by atoms with van der Waals surface area (Å²) in [6, 6.07) is 18.9. The van der Waals surface area contributed by atoms with Crippen molar-refractivity contribution in [1.82, 2.24) is 0 Å². The number of carbonyl (C=O) groups is 1. The summed E-state index contributed by atoms with van der Waals surface area (Å²) < 4.78 is 32.6. The molecule has 8 heteroatoms. The van der Waals surface area contributed by atoms with E-state index in [0.29, 0.717) is 22.0 Å². The molecule has 3 aromatic rings. The fourth-order valence-corrected chi connectivity index (χ4v) is 3.60. The normalized spacial score (nSPS) is 10.9. The van der Waals surface area contributed by atoms with Gasteiger partial charge in [-0.3, -0.25) is 9.52 Å². The molecule has 0 unspecified atom stereocenters. The minimum atomic E-state index is -3.80. The summed E-state index contributed by atoms with van der Waals surface area (Å²) in [5, 5.41) is 3.29. The topological polar surface area (TPSA) is 84.5 Å². The first kappa shape index (κ1) is 19.7. The van der Waals surface area contributed by atoms with Gasteiger partial charge in [0, 0.05) is 22.0 Å². The van der Waals surface area contributed by atoms with E-state index < -0.39 is 10.0 Å². The lowest BCUT2D eigenvalue weighted by Gasteiger charge is -2.10. The van der Waals surface area contributed by atoms with E-state index in [-0.39, 0.29) is 16.5 Å². The lowest BCUT2D eigenvalue weighted by atomic mass is 10.2. The van der Waals surface area contributed by atoms with E-state index >= 15 is 0 Å². The predicted molar refractivity (Wildman–Crippen MR) is 110 cm³/mol. The van der Waals surface area contributed by atoms with E-state index in [1.807, 2.05) is 0 Å². The van der Waals surface area contributed by atoms with Crippen molar-refractivity contribution in [2.75, 3.05) is 17.1 Å². The third-order valence-electron chi connectivity index (χ3n) is 3.85. The Labute approximate surface area is 168 Å². The molecule has 144 valence electrons. The number of ether oxygens (including phenoxy) is 1. The molecule has 3 aromatic carbocycles. The van der Waals surface area contributed by atoms with Crippen LogP contribution < -0.4 is 14.8 Å². The Morgan fingerprint density at radius 2 is 1.61 bits per heavy atom. The molecule has 0 heterocycles. The molecule has 0 spiro atoms. The van der Waals surface area contributed by atoms with E-state index in [0.717, 1.165) is 0 Å². The molecule has 6 nitrogen and oxygen atoms in total. The van der Waals surface area contributed by atoms with Crippen molar-refractivity contribution in [1.29, 1.82) is 0 Å². The first-order valence-electron chi connectivity index (χ1n) is 8.21. The summed E-state index contributed by atoms with van der Waals surface area (Å²) in [7, 11) is -2.29. The second kappa shape index (κ2) is 8.33. The maximum atomic E-state index is 12.5. The van der Waals surface area contributed by atoms with Crippen molar-refractivity contribution in [2.24, 2.45) is 0 Å². The van der Waals surface area contributed by atoms with Gasteiger partial charge in [0.2, 0.25) is 0 Å². The standard InChI is InChI=1S/C20H17ClN2O4S/c1-27-18-9-11-19(12-10-18)28(25,26)23-17-4-2-3-14(13-17)20(24)22-16-7-5-15(21)6-8-16/h2-13,23H,1H3,(H,22,24). The van der Waals surface area contributed by atoms with Crippen LogP contribution in [0.25, 0.3) is 0 Å². The number of hydrogen-bond donors (Lipinski definition) is 2. The number of amides is 1. The van der Waals surface area contributed by atoms with Crippen LogP contribution in [0.5, 0.6) is 5.75 Å². The number of halogens is 1. The van der Waals surface area contributed by atoms with Crippen molar-refractivity contribution in [3.05, 3.63) is 83.4 Å². The largest absolute Gasteiger partial charge is 0.497 e. The number of nitrogens with one attached hydrogen (secondary N) is 2. The fraction of sp³-hybridized carbons (Fsp3) is 0.0500. The first-order chi connectivity index (χ1) is 13.4. The lowest BCUT2D eigenvalue weighted by Crippen LogP contribution is -2.15. The van der Waals surface area contributed by atoms with Gasteiger partial charge in [-0.2, -0.15) is 0 Å². The van der Waals surface area contributed by atoms with Gasteiger partial charge in [0.1, 0.15) is 5.75 Å². The highest BCUT2D eigenvalue weighted by Crippen LogP contribution is 2.21. The van der Waals surface area contributed by atoms with Gasteiger partial charge in [-0.25, -0.2) is 8.42 Å². The van der Waals surface area contributed by atoms with Crippen molar-refractivity contribution in [2.45, 2.75) is 4.90 Å². The van der Waals surface area contributed by atoms with Crippen LogP contribution in [0.15, 0.2) is 77.7 Å². The molecule has 28 heavy (non-hydrogen) atoms. The zero-order valence-corrected chi connectivity index (χ0v) is 16.4. The molecule has 0 radical (unpaired) electrons. The van der Waals surface area contributed by atoms with Crippen LogP contribution in [0.4, 0.5) is 11.4 Å². The van der Waals surface area contributed by atoms with E-state index in [9.17, 15) is 13.2 Å². The van der Waals surface area contributed by atoms with E-state index in [4.69, 9.17) is 16.3 Å². The highest BCUT2D eigenvalue weighted by molar-refractivity contribution is 7.92. The first-order valence-corrected chi connectivity index (χ1v) is 10.1. The molecule has 2 N–H and O–H groups in total. The van der Waals surface area contributed by atoms with Crippen LogP contribution in [0, 0.1) is 0 Å². The SMILES string of the molecule is COc1ccc(S(=O)(=O)Nc2cccc(C(=O)Nc3ccc(Cl)cc3)c2)cc1. The van der Waals surface area contributed by atoms with Crippen LogP contribution in [0.2, 0.25) is 5.02 Å². The Bertz CT molecular complexity index is 1080. The molecule has 0 aliphatic rings. The summed E-state index contributed by atoms with van der Waals surface area (Å²) in [5.74, 6) is 0.188. The molecule has 0 bridgehead atoms. The Kier molecular flexibility index (Phi) is 5.87. The predicted octanol–water partition coefficient (Wildman–Crippen LogP) is 4.40. The van der Waals surface area contributed by atoms with Crippen LogP contribution in [0.3, 0.4) is 0 Å². The maximum Gasteiger partial charge on any atom is 0.261 e. The number of carbonyl (C=O) groups excluding carboxylic acids is 1. The zero-order chi connectivity index (χ0) is 20.1. The Morgan fingerprint density at radius 1 is 0.929 bits per heavy atom. The molecular formula is C20H17ClN2O4S. The number of rotatable bonds is 6. The minimum Gasteiger partial charge on any atom is -0.497 e. The van der Waals surface area contributed by atoms with Gasteiger partial charge in [-0.15, -0.1) is 0 Å². The van der Waals surface area contributed by atoms with Gasteiger partial charge in [-0.05, 0) is 66.7 Å². The molecule has 0 aliphatic heterocycles. The number of hydrogen-bond acceptors (Lipinski definition) is 4. The fourth-order valence-electron chi connectivity index (χ4n) is 2.43. The van der Waals surface area contributed by atoms with Gasteiger partial charge < -0.3 is 10.1 Å². The number of anilines is 2. The van der Waals surface area contributed by atoms with Gasteiger partial charge in [0.25, 0.3) is 15.9 Å². The monoisotopic (exact) mass is 416 g/mol. The second-order valence-electron chi connectivity index (χ2n) is 5.82. The Hall–Kier alpha value is -3.03. The van der Waals surface area contributed by atoms with E-state index in [1.165, 1.54) is 25.3 Å². The van der Waals surface area contributed by atoms with Crippen molar-refractivity contribution in [3.8, 4) is 5.75 Å². The molecule has 0 aliphatic carbocycles. The van der Waals surface area contributed by atoms with Gasteiger partial charge in [0.15, 0.2) is 0 Å². The van der Waals surface area contributed by atoms with Crippen LogP contribution in [-0.2, 0) is 10.0 Å². The summed E-state index contributed by atoms with van der Waals surface area (Å²) in [5.41, 5.74) is 1.17. The average molecular weight is 417 g/mol. The minimum absolute atomic E-state index is 0.0873. The molecular weight excluding hydrogens is 400 g/mol. The molecule has 0 atom stereocenters. The highest BCUT2D eigenvalue weighted by Gasteiger charge is 2.15. The third kappa shape index (κ3) is 4.82. The van der Waals surface area contributed by atoms with E-state index in [1.54, 1.807) is 54.6 Å². The number of benzene rings is 3. The van der Waals surface area contributed by atoms with Crippen LogP contribution >= 0.6 is 11.6 Å². The molecule has 3 rings (SSSR count). The second-order valence-corrected chi connectivity index (χ2v) is 7.94. The summed E-state index contributed by atoms with van der Waals surface area (Å²) in [4.78, 5) is 12.5. The molecule has 0 aromatic heterocycles. The van der Waals surface area contributed by atoms with Crippen molar-refractivity contribution < 1.29 is 17.9 Å². The van der Waals surface area contributed by atoms with E-state index in [2.05, 4.69) is 10.0 Å². The summed E-state index contributed by atoms with van der Waals surface area (Å²) in [6.07, 6.45) is 0. The zero-order valence-electron chi connectivity index (χ0n) is 14.8. The third-order valence-corrected chi connectivity index (χ3v) is 5.50. The molecule has 0 saturated heterocycles. The van der Waals surface area contributed by atoms with Gasteiger partial charge in [-0.1, -0.05) is 17.7 Å². The molecule has 0 saturated carbocycles. The van der Waals surface area contributed by atoms with Gasteiger partial charge >= 0.3 is 0 Å². The summed E-state index contributed by atoms with van der Waals surface area (Å²) in [6.45, 7) is 0. The van der Waals surface area contributed by atoms with Crippen molar-refractivity contribution in [3.63, 3.8) is 0 Å². The number of sulfonamides is 1.